The lowest BCUT2D eigenvalue weighted by Gasteiger charge is -2.08. The van der Waals surface area contributed by atoms with Crippen molar-refractivity contribution >= 4 is 15.5 Å². The highest BCUT2D eigenvalue weighted by Gasteiger charge is 2.17. The number of ether oxygens (including phenoxy) is 1. The molecule has 0 aliphatic carbocycles. The lowest BCUT2D eigenvalue weighted by atomic mass is 10.2. The lowest BCUT2D eigenvalue weighted by Crippen LogP contribution is -2.17. The van der Waals surface area contributed by atoms with Gasteiger partial charge in [0.25, 0.3) is 0 Å². The lowest BCUT2D eigenvalue weighted by molar-refractivity contribution is -0.385. The van der Waals surface area contributed by atoms with Crippen LogP contribution >= 0.6 is 0 Å². The Morgan fingerprint density at radius 3 is 2.60 bits per heavy atom. The molecule has 112 valence electrons. The van der Waals surface area contributed by atoms with E-state index in [0.29, 0.717) is 12.0 Å². The van der Waals surface area contributed by atoms with E-state index in [9.17, 15) is 18.5 Å². The van der Waals surface area contributed by atoms with E-state index >= 15 is 0 Å². The maximum Gasteiger partial charge on any atom is 0.311 e. The first-order valence-corrected chi connectivity index (χ1v) is 8.02. The number of nitrogens with zero attached hydrogens (tertiary/aromatic N) is 1. The molecular formula is C12H18N2O5S. The summed E-state index contributed by atoms with van der Waals surface area (Å²) in [6.45, 7) is 1.85. The summed E-state index contributed by atoms with van der Waals surface area (Å²) in [5, 5.41) is 10.9. The van der Waals surface area contributed by atoms with Crippen LogP contribution < -0.4 is 10.5 Å². The van der Waals surface area contributed by atoms with Gasteiger partial charge in [-0.3, -0.25) is 10.1 Å². The van der Waals surface area contributed by atoms with E-state index in [0.717, 1.165) is 0 Å². The molecule has 0 bridgehead atoms. The van der Waals surface area contributed by atoms with Crippen LogP contribution in [0.2, 0.25) is 0 Å². The van der Waals surface area contributed by atoms with Gasteiger partial charge in [-0.2, -0.15) is 0 Å². The fourth-order valence-corrected chi connectivity index (χ4v) is 2.81. The van der Waals surface area contributed by atoms with Gasteiger partial charge in [0, 0.05) is 12.6 Å². The summed E-state index contributed by atoms with van der Waals surface area (Å²) in [6.07, 6.45) is 0.535. The molecule has 0 aromatic heterocycles. The van der Waals surface area contributed by atoms with Crippen molar-refractivity contribution < 1.29 is 18.1 Å². The third kappa shape index (κ3) is 4.78. The van der Waals surface area contributed by atoms with Crippen molar-refractivity contribution in [2.75, 3.05) is 18.1 Å². The second kappa shape index (κ2) is 7.20. The molecule has 2 N–H and O–H groups in total. The van der Waals surface area contributed by atoms with Gasteiger partial charge in [0.1, 0.15) is 6.61 Å². The zero-order chi connectivity index (χ0) is 15.2. The molecule has 0 spiro atoms. The van der Waals surface area contributed by atoms with E-state index in [1.54, 1.807) is 13.0 Å². The fraction of sp³-hybridized carbons (Fsp3) is 0.500. The molecule has 0 amide bonds. The SMILES string of the molecule is CCCS(=O)(=O)CCOc1ccc(CN)cc1[N+](=O)[O-]. The zero-order valence-corrected chi connectivity index (χ0v) is 12.1. The molecule has 20 heavy (non-hydrogen) atoms. The average molecular weight is 302 g/mol. The molecule has 0 radical (unpaired) electrons. The number of sulfone groups is 1. The third-order valence-corrected chi connectivity index (χ3v) is 4.44. The largest absolute Gasteiger partial charge is 0.486 e. The molecule has 0 atom stereocenters. The van der Waals surface area contributed by atoms with Gasteiger partial charge in [-0.15, -0.1) is 0 Å². The van der Waals surface area contributed by atoms with E-state index in [-0.39, 0.29) is 36.1 Å². The average Bonchev–Trinajstić information content (AvgIpc) is 2.38. The van der Waals surface area contributed by atoms with Crippen molar-refractivity contribution in [2.45, 2.75) is 19.9 Å². The molecule has 7 nitrogen and oxygen atoms in total. The van der Waals surface area contributed by atoms with Gasteiger partial charge in [-0.1, -0.05) is 13.0 Å². The molecule has 1 aromatic rings. The molecule has 0 heterocycles. The number of benzene rings is 1. The van der Waals surface area contributed by atoms with Crippen molar-refractivity contribution in [3.63, 3.8) is 0 Å². The van der Waals surface area contributed by atoms with Gasteiger partial charge >= 0.3 is 5.69 Å². The van der Waals surface area contributed by atoms with E-state index in [2.05, 4.69) is 0 Å². The summed E-state index contributed by atoms with van der Waals surface area (Å²) >= 11 is 0. The topological polar surface area (TPSA) is 113 Å². The van der Waals surface area contributed by atoms with Crippen LogP contribution in [-0.4, -0.2) is 31.5 Å². The Morgan fingerprint density at radius 2 is 2.05 bits per heavy atom. The van der Waals surface area contributed by atoms with Gasteiger partial charge < -0.3 is 10.5 Å². The van der Waals surface area contributed by atoms with Crippen LogP contribution in [0.4, 0.5) is 5.69 Å². The maximum atomic E-state index is 11.5. The third-order valence-electron chi connectivity index (χ3n) is 2.62. The van der Waals surface area contributed by atoms with Gasteiger partial charge in [-0.05, 0) is 18.1 Å². The first kappa shape index (κ1) is 16.4. The van der Waals surface area contributed by atoms with Crippen LogP contribution in [0.15, 0.2) is 18.2 Å². The van der Waals surface area contributed by atoms with E-state index in [4.69, 9.17) is 10.5 Å². The Labute approximate surface area is 117 Å². The highest BCUT2D eigenvalue weighted by molar-refractivity contribution is 7.91. The predicted octanol–water partition coefficient (Wildman–Crippen LogP) is 1.26. The molecule has 0 aliphatic rings. The van der Waals surface area contributed by atoms with Crippen LogP contribution in [0.5, 0.6) is 5.75 Å². The standard InChI is InChI=1S/C12H18N2O5S/c1-2-6-20(17,18)7-5-19-12-4-3-10(9-13)8-11(12)14(15)16/h3-4,8H,2,5-7,9,13H2,1H3. The molecule has 8 heteroatoms. The fourth-order valence-electron chi connectivity index (χ4n) is 1.65. The molecule has 0 saturated heterocycles. The molecule has 0 aliphatic heterocycles. The van der Waals surface area contributed by atoms with Gasteiger partial charge in [0.15, 0.2) is 15.6 Å². The van der Waals surface area contributed by atoms with Gasteiger partial charge in [-0.25, -0.2) is 8.42 Å². The second-order valence-corrected chi connectivity index (χ2v) is 6.57. The van der Waals surface area contributed by atoms with E-state index in [1.807, 2.05) is 0 Å². The highest BCUT2D eigenvalue weighted by Crippen LogP contribution is 2.27. The van der Waals surface area contributed by atoms with E-state index < -0.39 is 14.8 Å². The highest BCUT2D eigenvalue weighted by atomic mass is 32.2. The van der Waals surface area contributed by atoms with Crippen LogP contribution in [0.25, 0.3) is 0 Å². The number of rotatable bonds is 8. The van der Waals surface area contributed by atoms with Crippen LogP contribution in [-0.2, 0) is 16.4 Å². The molecule has 1 rings (SSSR count). The Bertz CT molecular complexity index is 571. The van der Waals surface area contributed by atoms with Gasteiger partial charge in [0.2, 0.25) is 0 Å². The number of nitro groups is 1. The van der Waals surface area contributed by atoms with Crippen molar-refractivity contribution in [2.24, 2.45) is 5.73 Å². The Hall–Kier alpha value is -1.67. The summed E-state index contributed by atoms with van der Waals surface area (Å²) in [5.74, 6) is -0.0137. The van der Waals surface area contributed by atoms with Crippen molar-refractivity contribution in [1.82, 2.24) is 0 Å². The number of nitro benzene ring substituents is 1. The number of hydrogen-bond acceptors (Lipinski definition) is 6. The van der Waals surface area contributed by atoms with Gasteiger partial charge in [0.05, 0.1) is 16.4 Å². The minimum atomic E-state index is -3.16. The molecule has 0 saturated carbocycles. The Balaban J connectivity index is 2.75. The molecule has 1 aromatic carbocycles. The summed E-state index contributed by atoms with van der Waals surface area (Å²) in [5.41, 5.74) is 5.82. The summed E-state index contributed by atoms with van der Waals surface area (Å²) < 4.78 is 28.2. The summed E-state index contributed by atoms with van der Waals surface area (Å²) in [4.78, 5) is 10.3. The number of nitrogens with two attached hydrogens (primary N) is 1. The maximum absolute atomic E-state index is 11.5. The minimum absolute atomic E-state index is 0.0545. The zero-order valence-electron chi connectivity index (χ0n) is 11.2. The smallest absolute Gasteiger partial charge is 0.311 e. The van der Waals surface area contributed by atoms with Crippen molar-refractivity contribution in [1.29, 1.82) is 0 Å². The molecule has 0 fully saturated rings. The Morgan fingerprint density at radius 1 is 1.35 bits per heavy atom. The van der Waals surface area contributed by atoms with Crippen LogP contribution in [0, 0.1) is 10.1 Å². The van der Waals surface area contributed by atoms with Crippen LogP contribution in [0.3, 0.4) is 0 Å². The first-order valence-electron chi connectivity index (χ1n) is 6.20. The summed E-state index contributed by atoms with van der Waals surface area (Å²) in [7, 11) is -3.16. The quantitative estimate of drug-likeness (QED) is 0.571. The normalized spacial score (nSPS) is 11.3. The predicted molar refractivity (Wildman–Crippen MR) is 75.4 cm³/mol. The van der Waals surface area contributed by atoms with E-state index in [1.165, 1.54) is 12.1 Å². The monoisotopic (exact) mass is 302 g/mol. The first-order chi connectivity index (χ1) is 9.39. The summed E-state index contributed by atoms with van der Waals surface area (Å²) in [6, 6.07) is 4.38. The van der Waals surface area contributed by atoms with Crippen molar-refractivity contribution in [3.05, 3.63) is 33.9 Å². The van der Waals surface area contributed by atoms with Crippen LogP contribution in [0.1, 0.15) is 18.9 Å². The number of hydrogen-bond donors (Lipinski definition) is 1. The van der Waals surface area contributed by atoms with Crippen molar-refractivity contribution in [3.8, 4) is 5.75 Å². The molecule has 0 unspecified atom stereocenters. The molecular weight excluding hydrogens is 284 g/mol. The minimum Gasteiger partial charge on any atom is -0.486 e. The second-order valence-electron chi connectivity index (χ2n) is 4.26. The Kier molecular flexibility index (Phi) is 5.90.